The Kier molecular flexibility index (Phi) is 2.21. The maximum atomic E-state index is 8.65. The third-order valence-corrected chi connectivity index (χ3v) is 3.30. The predicted octanol–water partition coefficient (Wildman–Crippen LogP) is 2.79. The van der Waals surface area contributed by atoms with Crippen molar-refractivity contribution in [1.29, 1.82) is 5.26 Å². The van der Waals surface area contributed by atoms with Crippen molar-refractivity contribution in [3.8, 4) is 6.07 Å². The monoisotopic (exact) mass is 206 g/mol. The minimum atomic E-state index is -0.405. The first-order valence-corrected chi connectivity index (χ1v) is 5.07. The SMILES string of the molecule is N#CC(S)c1nc2ccccc2s1. The summed E-state index contributed by atoms with van der Waals surface area (Å²) in [6.45, 7) is 0. The number of thiol groups is 1. The van der Waals surface area contributed by atoms with E-state index in [1.54, 1.807) is 0 Å². The average Bonchev–Trinajstić information content (AvgIpc) is 2.59. The highest BCUT2D eigenvalue weighted by molar-refractivity contribution is 7.81. The Morgan fingerprint density at radius 3 is 2.92 bits per heavy atom. The van der Waals surface area contributed by atoms with Gasteiger partial charge in [-0.25, -0.2) is 4.98 Å². The molecular formula is C9H6N2S2. The highest BCUT2D eigenvalue weighted by Crippen LogP contribution is 2.28. The minimum Gasteiger partial charge on any atom is -0.239 e. The maximum absolute atomic E-state index is 8.65. The van der Waals surface area contributed by atoms with Crippen molar-refractivity contribution < 1.29 is 0 Å². The normalized spacial score (nSPS) is 12.6. The van der Waals surface area contributed by atoms with Crippen LogP contribution < -0.4 is 0 Å². The number of rotatable bonds is 1. The summed E-state index contributed by atoms with van der Waals surface area (Å²) in [4.78, 5) is 4.30. The van der Waals surface area contributed by atoms with Crippen LogP contribution in [-0.2, 0) is 0 Å². The van der Waals surface area contributed by atoms with Gasteiger partial charge >= 0.3 is 0 Å². The number of thiazole rings is 1. The minimum absolute atomic E-state index is 0.405. The van der Waals surface area contributed by atoms with Gasteiger partial charge in [0.15, 0.2) is 0 Å². The van der Waals surface area contributed by atoms with Crippen LogP contribution >= 0.6 is 24.0 Å². The van der Waals surface area contributed by atoms with Gasteiger partial charge < -0.3 is 0 Å². The van der Waals surface area contributed by atoms with E-state index in [9.17, 15) is 0 Å². The number of hydrogen-bond acceptors (Lipinski definition) is 4. The van der Waals surface area contributed by atoms with E-state index in [-0.39, 0.29) is 0 Å². The molecule has 1 heterocycles. The Labute approximate surface area is 85.3 Å². The lowest BCUT2D eigenvalue weighted by Gasteiger charge is -1.90. The van der Waals surface area contributed by atoms with Crippen molar-refractivity contribution in [3.05, 3.63) is 29.3 Å². The van der Waals surface area contributed by atoms with Crippen molar-refractivity contribution in [1.82, 2.24) is 4.98 Å². The number of para-hydroxylation sites is 1. The van der Waals surface area contributed by atoms with Crippen molar-refractivity contribution in [3.63, 3.8) is 0 Å². The molecule has 0 spiro atoms. The van der Waals surface area contributed by atoms with Crippen molar-refractivity contribution >= 4 is 34.2 Å². The topological polar surface area (TPSA) is 36.7 Å². The zero-order chi connectivity index (χ0) is 9.26. The summed E-state index contributed by atoms with van der Waals surface area (Å²) in [6, 6.07) is 9.89. The quantitative estimate of drug-likeness (QED) is 0.728. The van der Waals surface area contributed by atoms with E-state index >= 15 is 0 Å². The molecule has 13 heavy (non-hydrogen) atoms. The Morgan fingerprint density at radius 1 is 1.46 bits per heavy atom. The molecule has 0 radical (unpaired) electrons. The summed E-state index contributed by atoms with van der Waals surface area (Å²) in [7, 11) is 0. The van der Waals surface area contributed by atoms with Crippen LogP contribution in [-0.4, -0.2) is 4.98 Å². The summed E-state index contributed by atoms with van der Waals surface area (Å²) in [5.74, 6) is 0. The molecule has 1 unspecified atom stereocenters. The first-order chi connectivity index (χ1) is 6.31. The van der Waals surface area contributed by atoms with Crippen LogP contribution in [0.25, 0.3) is 10.2 Å². The fourth-order valence-electron chi connectivity index (χ4n) is 1.06. The zero-order valence-corrected chi connectivity index (χ0v) is 8.35. The molecule has 0 aliphatic carbocycles. The summed E-state index contributed by atoms with van der Waals surface area (Å²) < 4.78 is 1.10. The smallest absolute Gasteiger partial charge is 0.140 e. The number of fused-ring (bicyclic) bond motifs is 1. The molecule has 1 aromatic carbocycles. The Balaban J connectivity index is 2.57. The van der Waals surface area contributed by atoms with E-state index in [1.165, 1.54) is 11.3 Å². The van der Waals surface area contributed by atoms with Crippen LogP contribution in [0.15, 0.2) is 24.3 Å². The van der Waals surface area contributed by atoms with Crippen LogP contribution in [0, 0.1) is 11.3 Å². The Morgan fingerprint density at radius 2 is 2.23 bits per heavy atom. The van der Waals surface area contributed by atoms with E-state index in [2.05, 4.69) is 23.7 Å². The van der Waals surface area contributed by atoms with Crippen LogP contribution in [0.2, 0.25) is 0 Å². The fraction of sp³-hybridized carbons (Fsp3) is 0.111. The molecule has 1 aromatic heterocycles. The fourth-order valence-corrected chi connectivity index (χ4v) is 2.18. The van der Waals surface area contributed by atoms with Crippen LogP contribution in [0.1, 0.15) is 10.3 Å². The highest BCUT2D eigenvalue weighted by atomic mass is 32.1. The van der Waals surface area contributed by atoms with Crippen molar-refractivity contribution in [2.24, 2.45) is 0 Å². The lowest BCUT2D eigenvalue weighted by atomic mass is 10.3. The molecule has 2 nitrogen and oxygen atoms in total. The molecule has 0 bridgehead atoms. The summed E-state index contributed by atoms with van der Waals surface area (Å²) in [5.41, 5.74) is 0.941. The predicted molar refractivity (Wildman–Crippen MR) is 57.0 cm³/mol. The van der Waals surface area contributed by atoms with Crippen molar-refractivity contribution in [2.75, 3.05) is 0 Å². The van der Waals surface area contributed by atoms with E-state index in [0.717, 1.165) is 15.2 Å². The molecule has 4 heteroatoms. The van der Waals surface area contributed by atoms with E-state index in [1.807, 2.05) is 24.3 Å². The second-order valence-electron chi connectivity index (χ2n) is 2.55. The second kappa shape index (κ2) is 3.36. The van der Waals surface area contributed by atoms with Gasteiger partial charge in [-0.2, -0.15) is 17.9 Å². The molecular weight excluding hydrogens is 200 g/mol. The number of aromatic nitrogens is 1. The van der Waals surface area contributed by atoms with Crippen LogP contribution in [0.5, 0.6) is 0 Å². The van der Waals surface area contributed by atoms with Gasteiger partial charge in [0.25, 0.3) is 0 Å². The average molecular weight is 206 g/mol. The zero-order valence-electron chi connectivity index (χ0n) is 6.64. The summed E-state index contributed by atoms with van der Waals surface area (Å²) >= 11 is 5.64. The number of hydrogen-bond donors (Lipinski definition) is 1. The largest absolute Gasteiger partial charge is 0.239 e. The molecule has 0 fully saturated rings. The van der Waals surface area contributed by atoms with Gasteiger partial charge in [-0.05, 0) is 12.1 Å². The van der Waals surface area contributed by atoms with E-state index < -0.39 is 5.25 Å². The third kappa shape index (κ3) is 1.53. The molecule has 1 atom stereocenters. The first kappa shape index (κ1) is 8.54. The number of benzene rings is 1. The number of nitrogens with zero attached hydrogens (tertiary/aromatic N) is 2. The molecule has 2 rings (SSSR count). The molecule has 64 valence electrons. The molecule has 0 aliphatic heterocycles. The summed E-state index contributed by atoms with van der Waals surface area (Å²) in [5, 5.41) is 9.02. The first-order valence-electron chi connectivity index (χ1n) is 3.74. The standard InChI is InChI=1S/C9H6N2S2/c10-5-7(12)9-11-6-3-1-2-4-8(6)13-9/h1-4,7,12H. The Bertz CT molecular complexity index is 437. The van der Waals surface area contributed by atoms with E-state index in [0.29, 0.717) is 0 Å². The van der Waals surface area contributed by atoms with Crippen molar-refractivity contribution in [2.45, 2.75) is 5.25 Å². The maximum Gasteiger partial charge on any atom is 0.140 e. The van der Waals surface area contributed by atoms with Gasteiger partial charge in [-0.15, -0.1) is 11.3 Å². The molecule has 0 aliphatic rings. The lowest BCUT2D eigenvalue weighted by Crippen LogP contribution is -1.82. The Hall–Kier alpha value is -1.05. The van der Waals surface area contributed by atoms with Gasteiger partial charge in [0.05, 0.1) is 16.3 Å². The van der Waals surface area contributed by atoms with Gasteiger partial charge in [-0.3, -0.25) is 0 Å². The van der Waals surface area contributed by atoms with Gasteiger partial charge in [0, 0.05) is 0 Å². The summed E-state index contributed by atoms with van der Waals surface area (Å²) in [6.07, 6.45) is 0. The van der Waals surface area contributed by atoms with Gasteiger partial charge in [-0.1, -0.05) is 12.1 Å². The highest BCUT2D eigenvalue weighted by Gasteiger charge is 2.10. The van der Waals surface area contributed by atoms with Gasteiger partial charge in [0.1, 0.15) is 10.3 Å². The number of nitriles is 1. The molecule has 2 aromatic rings. The van der Waals surface area contributed by atoms with Crippen LogP contribution in [0.3, 0.4) is 0 Å². The second-order valence-corrected chi connectivity index (χ2v) is 4.13. The molecule has 0 N–H and O–H groups in total. The molecule has 0 amide bonds. The van der Waals surface area contributed by atoms with Gasteiger partial charge in [0.2, 0.25) is 0 Å². The lowest BCUT2D eigenvalue weighted by molar-refractivity contribution is 1.19. The molecule has 0 saturated carbocycles. The third-order valence-electron chi connectivity index (χ3n) is 1.67. The van der Waals surface area contributed by atoms with E-state index in [4.69, 9.17) is 5.26 Å². The molecule has 0 saturated heterocycles. The van der Waals surface area contributed by atoms with Crippen LogP contribution in [0.4, 0.5) is 0 Å².